The summed E-state index contributed by atoms with van der Waals surface area (Å²) in [6.07, 6.45) is 1.37. The summed E-state index contributed by atoms with van der Waals surface area (Å²) < 4.78 is 25.0. The number of hydrogen-bond acceptors (Lipinski definition) is 4. The fourth-order valence-electron chi connectivity index (χ4n) is 3.51. The summed E-state index contributed by atoms with van der Waals surface area (Å²) in [4.78, 5) is 12.1. The molecule has 4 aromatic rings. The van der Waals surface area contributed by atoms with E-state index in [0.717, 1.165) is 28.3 Å². The van der Waals surface area contributed by atoms with Crippen LogP contribution >= 0.6 is 0 Å². The van der Waals surface area contributed by atoms with Gasteiger partial charge >= 0.3 is 6.03 Å². The zero-order chi connectivity index (χ0) is 24.0. The van der Waals surface area contributed by atoms with E-state index >= 15 is 0 Å². The molecule has 0 unspecified atom stereocenters. The van der Waals surface area contributed by atoms with Crippen LogP contribution in [-0.4, -0.2) is 30.8 Å². The molecule has 4 rings (SSSR count). The molecule has 2 amide bonds. The molecule has 0 radical (unpaired) electrons. The molecule has 1 heterocycles. The van der Waals surface area contributed by atoms with Crippen LogP contribution in [0.2, 0.25) is 0 Å². The molecule has 0 aliphatic carbocycles. The minimum atomic E-state index is -3.77. The lowest BCUT2D eigenvalue weighted by Crippen LogP contribution is -2.29. The minimum absolute atomic E-state index is 0.0461. The minimum Gasteiger partial charge on any atom is -0.338 e. The topological polar surface area (TPSA) is 119 Å². The first-order chi connectivity index (χ1) is 16.4. The molecule has 3 aromatic carbocycles. The summed E-state index contributed by atoms with van der Waals surface area (Å²) in [6, 6.07) is 27.1. The van der Waals surface area contributed by atoms with Gasteiger partial charge < -0.3 is 10.6 Å². The summed E-state index contributed by atoms with van der Waals surface area (Å²) in [6.45, 7) is 0.495. The lowest BCUT2D eigenvalue weighted by Gasteiger charge is -2.08. The molecule has 4 N–H and O–H groups in total. The van der Waals surface area contributed by atoms with Crippen LogP contribution in [0, 0.1) is 0 Å². The first kappa shape index (κ1) is 23.2. The smallest absolute Gasteiger partial charge is 0.319 e. The highest BCUT2D eigenvalue weighted by Gasteiger charge is 2.13. The summed E-state index contributed by atoms with van der Waals surface area (Å²) in [5.74, 6) is 0. The quantitative estimate of drug-likeness (QED) is 0.334. The van der Waals surface area contributed by atoms with E-state index in [-0.39, 0.29) is 10.9 Å². The molecule has 0 aliphatic heterocycles. The van der Waals surface area contributed by atoms with E-state index in [1.165, 1.54) is 12.1 Å². The first-order valence-electron chi connectivity index (χ1n) is 10.8. The number of nitrogens with one attached hydrogen (secondary N) is 2. The molecule has 0 atom stereocenters. The molecule has 9 heteroatoms. The highest BCUT2D eigenvalue weighted by atomic mass is 32.2. The zero-order valence-corrected chi connectivity index (χ0v) is 19.2. The van der Waals surface area contributed by atoms with Gasteiger partial charge in [-0.1, -0.05) is 48.5 Å². The van der Waals surface area contributed by atoms with E-state index in [4.69, 9.17) is 10.2 Å². The molecular formula is C25H25N5O3S. The van der Waals surface area contributed by atoms with Gasteiger partial charge in [0.25, 0.3) is 0 Å². The Labute approximate surface area is 198 Å². The van der Waals surface area contributed by atoms with Crippen molar-refractivity contribution in [3.63, 3.8) is 0 Å². The van der Waals surface area contributed by atoms with Crippen molar-refractivity contribution in [1.82, 2.24) is 15.1 Å². The van der Waals surface area contributed by atoms with Crippen molar-refractivity contribution in [2.24, 2.45) is 5.14 Å². The predicted octanol–water partition coefficient (Wildman–Crippen LogP) is 3.94. The number of sulfonamides is 1. The second-order valence-electron chi connectivity index (χ2n) is 7.69. The average molecular weight is 476 g/mol. The number of rotatable bonds is 8. The van der Waals surface area contributed by atoms with E-state index in [1.807, 2.05) is 66.7 Å². The van der Waals surface area contributed by atoms with E-state index in [0.29, 0.717) is 19.4 Å². The second kappa shape index (κ2) is 10.3. The van der Waals surface area contributed by atoms with Crippen LogP contribution in [0.15, 0.2) is 95.9 Å². The van der Waals surface area contributed by atoms with Crippen LogP contribution in [0.25, 0.3) is 16.9 Å². The molecular weight excluding hydrogens is 450 g/mol. The number of carbonyl (C=O) groups is 1. The van der Waals surface area contributed by atoms with Gasteiger partial charge in [-0.2, -0.15) is 5.10 Å². The number of anilines is 1. The third-order valence-electron chi connectivity index (χ3n) is 5.17. The normalized spacial score (nSPS) is 11.2. The molecule has 34 heavy (non-hydrogen) atoms. The van der Waals surface area contributed by atoms with Gasteiger partial charge in [0, 0.05) is 17.8 Å². The van der Waals surface area contributed by atoms with Crippen LogP contribution < -0.4 is 15.8 Å². The Morgan fingerprint density at radius 1 is 0.912 bits per heavy atom. The maximum Gasteiger partial charge on any atom is 0.319 e. The number of aryl methyl sites for hydroxylation is 1. The second-order valence-corrected chi connectivity index (χ2v) is 9.25. The van der Waals surface area contributed by atoms with Gasteiger partial charge in [0.2, 0.25) is 10.0 Å². The zero-order valence-electron chi connectivity index (χ0n) is 18.4. The largest absolute Gasteiger partial charge is 0.338 e. The number of urea groups is 1. The Hall–Kier alpha value is -3.95. The number of para-hydroxylation sites is 1. The van der Waals surface area contributed by atoms with Crippen molar-refractivity contribution >= 4 is 21.7 Å². The van der Waals surface area contributed by atoms with E-state index in [1.54, 1.807) is 16.8 Å². The number of primary sulfonamides is 1. The number of amides is 2. The maximum atomic E-state index is 12.1. The van der Waals surface area contributed by atoms with E-state index in [9.17, 15) is 13.2 Å². The van der Waals surface area contributed by atoms with Crippen LogP contribution in [0.3, 0.4) is 0 Å². The highest BCUT2D eigenvalue weighted by molar-refractivity contribution is 7.89. The molecule has 174 valence electrons. The number of aromatic nitrogens is 2. The Morgan fingerprint density at radius 3 is 2.21 bits per heavy atom. The number of benzene rings is 3. The summed E-state index contributed by atoms with van der Waals surface area (Å²) in [5, 5.41) is 15.6. The Morgan fingerprint density at radius 2 is 1.56 bits per heavy atom. The Kier molecular flexibility index (Phi) is 7.05. The van der Waals surface area contributed by atoms with Gasteiger partial charge in [0.15, 0.2) is 0 Å². The van der Waals surface area contributed by atoms with Gasteiger partial charge in [0.1, 0.15) is 0 Å². The molecule has 0 fully saturated rings. The van der Waals surface area contributed by atoms with Crippen LogP contribution in [0.1, 0.15) is 12.1 Å². The van der Waals surface area contributed by atoms with Crippen molar-refractivity contribution in [1.29, 1.82) is 0 Å². The van der Waals surface area contributed by atoms with Crippen LogP contribution in [-0.2, 0) is 16.4 Å². The van der Waals surface area contributed by atoms with Crippen molar-refractivity contribution < 1.29 is 13.2 Å². The van der Waals surface area contributed by atoms with Gasteiger partial charge in [-0.05, 0) is 55.3 Å². The lowest BCUT2D eigenvalue weighted by molar-refractivity contribution is 0.252. The third kappa shape index (κ3) is 5.89. The maximum absolute atomic E-state index is 12.1. The first-order valence-corrected chi connectivity index (χ1v) is 12.3. The fraction of sp³-hybridized carbons (Fsp3) is 0.120. The van der Waals surface area contributed by atoms with Crippen molar-refractivity contribution in [2.75, 3.05) is 11.9 Å². The summed E-state index contributed by atoms with van der Waals surface area (Å²) in [7, 11) is -3.77. The lowest BCUT2D eigenvalue weighted by atomic mass is 10.1. The summed E-state index contributed by atoms with van der Waals surface area (Å²) >= 11 is 0. The Bertz CT molecular complexity index is 1350. The molecule has 0 saturated carbocycles. The van der Waals surface area contributed by atoms with Gasteiger partial charge in [0.05, 0.1) is 22.0 Å². The van der Waals surface area contributed by atoms with E-state index < -0.39 is 10.0 Å². The molecule has 1 aromatic heterocycles. The van der Waals surface area contributed by atoms with Gasteiger partial charge in [-0.15, -0.1) is 0 Å². The molecule has 0 spiro atoms. The molecule has 0 saturated heterocycles. The number of nitrogens with two attached hydrogens (primary N) is 1. The summed E-state index contributed by atoms with van der Waals surface area (Å²) in [5.41, 5.74) is 4.18. The van der Waals surface area contributed by atoms with E-state index in [2.05, 4.69) is 10.6 Å². The van der Waals surface area contributed by atoms with Crippen molar-refractivity contribution in [2.45, 2.75) is 17.7 Å². The number of carbonyl (C=O) groups excluding carboxylic acids is 1. The van der Waals surface area contributed by atoms with Crippen molar-refractivity contribution in [3.05, 3.63) is 96.7 Å². The van der Waals surface area contributed by atoms with Crippen LogP contribution in [0.5, 0.6) is 0 Å². The molecule has 0 aliphatic rings. The standard InChI is InChI=1S/C25H25N5O3S/c26-34(32,33)23-15-13-22(14-16-23)30-24(19-8-3-1-4-9-19)18-21(29-30)12-7-17-27-25(31)28-20-10-5-2-6-11-20/h1-6,8-11,13-16,18H,7,12,17H2,(H2,26,32,33)(H2,27,28,31). The average Bonchev–Trinajstić information content (AvgIpc) is 3.27. The van der Waals surface area contributed by atoms with Gasteiger partial charge in [-0.25, -0.2) is 23.0 Å². The van der Waals surface area contributed by atoms with Gasteiger partial charge in [-0.3, -0.25) is 0 Å². The third-order valence-corrected chi connectivity index (χ3v) is 6.10. The number of nitrogens with zero attached hydrogens (tertiary/aromatic N) is 2. The SMILES string of the molecule is NS(=O)(=O)c1ccc(-n2nc(CCCNC(=O)Nc3ccccc3)cc2-c2ccccc2)cc1. The van der Waals surface area contributed by atoms with Crippen LogP contribution in [0.4, 0.5) is 10.5 Å². The highest BCUT2D eigenvalue weighted by Crippen LogP contribution is 2.25. The Balaban J connectivity index is 1.46. The number of hydrogen-bond donors (Lipinski definition) is 3. The fourth-order valence-corrected chi connectivity index (χ4v) is 4.02. The monoisotopic (exact) mass is 475 g/mol. The molecule has 0 bridgehead atoms. The molecule has 8 nitrogen and oxygen atoms in total. The predicted molar refractivity (Wildman–Crippen MR) is 132 cm³/mol. The van der Waals surface area contributed by atoms with Crippen molar-refractivity contribution in [3.8, 4) is 16.9 Å².